The molecule has 0 aliphatic rings. The smallest absolute Gasteiger partial charge is 0.274 e. The number of amides is 1. The van der Waals surface area contributed by atoms with E-state index in [1.807, 2.05) is 6.07 Å². The summed E-state index contributed by atoms with van der Waals surface area (Å²) in [7, 11) is 0. The van der Waals surface area contributed by atoms with Gasteiger partial charge in [-0.3, -0.25) is 4.79 Å². The zero-order valence-corrected chi connectivity index (χ0v) is 11.0. The van der Waals surface area contributed by atoms with Gasteiger partial charge in [-0.2, -0.15) is 5.26 Å². The molecule has 0 radical (unpaired) electrons. The van der Waals surface area contributed by atoms with Crippen LogP contribution in [0.5, 0.6) is 0 Å². The van der Waals surface area contributed by atoms with Crippen molar-refractivity contribution in [2.75, 3.05) is 5.32 Å². The number of pyridine rings is 1. The maximum atomic E-state index is 11.9. The maximum absolute atomic E-state index is 11.9. The quantitative estimate of drug-likeness (QED) is 0.921. The van der Waals surface area contributed by atoms with Crippen molar-refractivity contribution in [3.05, 3.63) is 57.8 Å². The Kier molecular flexibility index (Phi) is 4.00. The van der Waals surface area contributed by atoms with Crippen molar-refractivity contribution >= 4 is 34.8 Å². The van der Waals surface area contributed by atoms with E-state index >= 15 is 0 Å². The maximum Gasteiger partial charge on any atom is 0.274 e. The molecule has 2 aromatic rings. The van der Waals surface area contributed by atoms with Gasteiger partial charge in [-0.15, -0.1) is 0 Å². The van der Waals surface area contributed by atoms with E-state index in [-0.39, 0.29) is 11.6 Å². The molecule has 1 N–H and O–H groups in total. The van der Waals surface area contributed by atoms with E-state index in [1.54, 1.807) is 18.2 Å². The number of benzene rings is 1. The Morgan fingerprint density at radius 3 is 2.58 bits per heavy atom. The zero-order valence-electron chi connectivity index (χ0n) is 9.52. The predicted octanol–water partition coefficient (Wildman–Crippen LogP) is 3.51. The lowest BCUT2D eigenvalue weighted by Gasteiger charge is -2.05. The fraction of sp³-hybridized carbons (Fsp3) is 0. The van der Waals surface area contributed by atoms with E-state index in [0.29, 0.717) is 21.3 Å². The van der Waals surface area contributed by atoms with E-state index in [0.717, 1.165) is 0 Å². The van der Waals surface area contributed by atoms with Gasteiger partial charge in [0, 0.05) is 11.9 Å². The Balaban J connectivity index is 2.16. The molecular weight excluding hydrogens is 285 g/mol. The summed E-state index contributed by atoms with van der Waals surface area (Å²) < 4.78 is 0. The SMILES string of the molecule is N#Cc1ccc(C(=O)Nc2ccc(Cl)c(Cl)c2)nc1. The molecule has 0 bridgehead atoms. The number of halogens is 2. The normalized spacial score (nSPS) is 9.74. The van der Waals surface area contributed by atoms with Crippen LogP contribution in [0.4, 0.5) is 5.69 Å². The molecule has 4 nitrogen and oxygen atoms in total. The summed E-state index contributed by atoms with van der Waals surface area (Å²) in [6, 6.07) is 9.70. The molecule has 0 saturated carbocycles. The summed E-state index contributed by atoms with van der Waals surface area (Å²) in [6.45, 7) is 0. The van der Waals surface area contributed by atoms with Gasteiger partial charge in [0.25, 0.3) is 5.91 Å². The number of nitrogens with zero attached hydrogens (tertiary/aromatic N) is 2. The largest absolute Gasteiger partial charge is 0.321 e. The fourth-order valence-corrected chi connectivity index (χ4v) is 1.66. The van der Waals surface area contributed by atoms with Gasteiger partial charge in [0.2, 0.25) is 0 Å². The van der Waals surface area contributed by atoms with Crippen molar-refractivity contribution in [2.45, 2.75) is 0 Å². The van der Waals surface area contributed by atoms with Crippen LogP contribution >= 0.6 is 23.2 Å². The van der Waals surface area contributed by atoms with Crippen LogP contribution in [0.2, 0.25) is 10.0 Å². The molecule has 0 atom stereocenters. The van der Waals surface area contributed by atoms with Crippen molar-refractivity contribution in [3.63, 3.8) is 0 Å². The molecule has 1 amide bonds. The number of carbonyl (C=O) groups excluding carboxylic acids is 1. The van der Waals surface area contributed by atoms with E-state index in [1.165, 1.54) is 18.3 Å². The highest BCUT2D eigenvalue weighted by atomic mass is 35.5. The Morgan fingerprint density at radius 1 is 1.21 bits per heavy atom. The van der Waals surface area contributed by atoms with Crippen molar-refractivity contribution in [3.8, 4) is 6.07 Å². The number of aromatic nitrogens is 1. The Bertz CT molecular complexity index is 663. The van der Waals surface area contributed by atoms with Crippen molar-refractivity contribution in [1.82, 2.24) is 4.98 Å². The lowest BCUT2D eigenvalue weighted by Crippen LogP contribution is -2.13. The fourth-order valence-electron chi connectivity index (χ4n) is 1.36. The molecule has 0 fully saturated rings. The van der Waals surface area contributed by atoms with Gasteiger partial charge >= 0.3 is 0 Å². The summed E-state index contributed by atoms with van der Waals surface area (Å²) in [5.74, 6) is -0.386. The van der Waals surface area contributed by atoms with E-state index in [2.05, 4.69) is 10.3 Å². The number of hydrogen-bond acceptors (Lipinski definition) is 3. The van der Waals surface area contributed by atoms with Gasteiger partial charge in [-0.05, 0) is 30.3 Å². The van der Waals surface area contributed by atoms with Gasteiger partial charge in [0.1, 0.15) is 11.8 Å². The highest BCUT2D eigenvalue weighted by Crippen LogP contribution is 2.25. The van der Waals surface area contributed by atoms with Crippen molar-refractivity contribution in [2.24, 2.45) is 0 Å². The first-order valence-corrected chi connectivity index (χ1v) is 5.98. The van der Waals surface area contributed by atoms with Crippen LogP contribution in [0, 0.1) is 11.3 Å². The number of carbonyl (C=O) groups is 1. The molecule has 0 unspecified atom stereocenters. The topological polar surface area (TPSA) is 65.8 Å². The molecule has 19 heavy (non-hydrogen) atoms. The third kappa shape index (κ3) is 3.22. The molecule has 1 aromatic heterocycles. The molecule has 0 saturated heterocycles. The van der Waals surface area contributed by atoms with Crippen LogP contribution in [0.3, 0.4) is 0 Å². The molecule has 0 spiro atoms. The Labute approximate surface area is 119 Å². The molecule has 6 heteroatoms. The molecule has 0 aliphatic carbocycles. The monoisotopic (exact) mass is 291 g/mol. The summed E-state index contributed by atoms with van der Waals surface area (Å²) >= 11 is 11.6. The van der Waals surface area contributed by atoms with Gasteiger partial charge in [-0.1, -0.05) is 23.2 Å². The minimum Gasteiger partial charge on any atom is -0.321 e. The van der Waals surface area contributed by atoms with Crippen LogP contribution in [-0.4, -0.2) is 10.9 Å². The van der Waals surface area contributed by atoms with Crippen LogP contribution in [0.15, 0.2) is 36.5 Å². The van der Waals surface area contributed by atoms with Gasteiger partial charge in [0.05, 0.1) is 15.6 Å². The van der Waals surface area contributed by atoms with Gasteiger partial charge in [0.15, 0.2) is 0 Å². The first-order valence-electron chi connectivity index (χ1n) is 5.22. The second-order valence-electron chi connectivity index (χ2n) is 3.63. The summed E-state index contributed by atoms with van der Waals surface area (Å²) in [5.41, 5.74) is 1.13. The van der Waals surface area contributed by atoms with E-state index in [4.69, 9.17) is 28.5 Å². The average Bonchev–Trinajstić information content (AvgIpc) is 2.43. The Morgan fingerprint density at radius 2 is 2.00 bits per heavy atom. The van der Waals surface area contributed by atoms with Crippen LogP contribution < -0.4 is 5.32 Å². The standard InChI is InChI=1S/C13H7Cl2N3O/c14-10-3-2-9(5-11(10)15)18-13(19)12-4-1-8(6-16)7-17-12/h1-5,7H,(H,18,19). The number of rotatable bonds is 2. The molecule has 0 aliphatic heterocycles. The lowest BCUT2D eigenvalue weighted by atomic mass is 10.2. The Hall–Kier alpha value is -2.09. The van der Waals surface area contributed by atoms with Gasteiger partial charge < -0.3 is 5.32 Å². The second-order valence-corrected chi connectivity index (χ2v) is 4.44. The molecule has 1 heterocycles. The van der Waals surface area contributed by atoms with Crippen LogP contribution in [-0.2, 0) is 0 Å². The van der Waals surface area contributed by atoms with Crippen LogP contribution in [0.25, 0.3) is 0 Å². The first kappa shape index (κ1) is 13.3. The highest BCUT2D eigenvalue weighted by molar-refractivity contribution is 6.42. The van der Waals surface area contributed by atoms with E-state index < -0.39 is 0 Å². The van der Waals surface area contributed by atoms with Crippen molar-refractivity contribution in [1.29, 1.82) is 5.26 Å². The molecular formula is C13H7Cl2N3O. The minimum absolute atomic E-state index is 0.213. The third-order valence-electron chi connectivity index (χ3n) is 2.30. The summed E-state index contributed by atoms with van der Waals surface area (Å²) in [4.78, 5) is 15.8. The lowest BCUT2D eigenvalue weighted by molar-refractivity contribution is 0.102. The third-order valence-corrected chi connectivity index (χ3v) is 3.04. The molecule has 94 valence electrons. The number of hydrogen-bond donors (Lipinski definition) is 1. The number of nitriles is 1. The molecule has 1 aromatic carbocycles. The second kappa shape index (κ2) is 5.70. The van der Waals surface area contributed by atoms with E-state index in [9.17, 15) is 4.79 Å². The van der Waals surface area contributed by atoms with Gasteiger partial charge in [-0.25, -0.2) is 4.98 Å². The first-order chi connectivity index (χ1) is 9.10. The summed E-state index contributed by atoms with van der Waals surface area (Å²) in [5, 5.41) is 12.0. The summed E-state index contributed by atoms with van der Waals surface area (Å²) in [6.07, 6.45) is 1.34. The van der Waals surface area contributed by atoms with Crippen molar-refractivity contribution < 1.29 is 4.79 Å². The number of nitrogens with one attached hydrogen (secondary N) is 1. The average molecular weight is 292 g/mol. The zero-order chi connectivity index (χ0) is 13.8. The highest BCUT2D eigenvalue weighted by Gasteiger charge is 2.08. The minimum atomic E-state index is -0.386. The van der Waals surface area contributed by atoms with Crippen LogP contribution in [0.1, 0.15) is 16.1 Å². The predicted molar refractivity (Wildman–Crippen MR) is 73.4 cm³/mol. The number of anilines is 1. The molecule has 2 rings (SSSR count).